The second kappa shape index (κ2) is 6.12. The number of carbonyl (C=O) groups excluding carboxylic acids is 1. The predicted molar refractivity (Wildman–Crippen MR) is 42.8 cm³/mol. The van der Waals surface area contributed by atoms with Crippen LogP contribution in [0, 0.1) is 0 Å². The summed E-state index contributed by atoms with van der Waals surface area (Å²) in [5, 5.41) is 8.15. The van der Waals surface area contributed by atoms with E-state index >= 15 is 0 Å². The number of ketones is 1. The van der Waals surface area contributed by atoms with Crippen LogP contribution in [0.1, 0.15) is 19.8 Å². The quantitative estimate of drug-likeness (QED) is 0.649. The molecule has 1 atom stereocenters. The summed E-state index contributed by atoms with van der Waals surface area (Å²) in [7, 11) is 0. The zero-order valence-corrected chi connectivity index (χ0v) is 7.06. The van der Waals surface area contributed by atoms with E-state index in [1.165, 1.54) is 0 Å². The average Bonchev–Trinajstić information content (AvgIpc) is 1.82. The van der Waals surface area contributed by atoms with Crippen LogP contribution in [0.25, 0.3) is 0 Å². The summed E-state index contributed by atoms with van der Waals surface area (Å²) in [6, 6.07) is -0.542. The minimum absolute atomic E-state index is 0. The summed E-state index contributed by atoms with van der Waals surface area (Å²) in [4.78, 5) is 20.6. The molecule has 0 amide bonds. The summed E-state index contributed by atoms with van der Waals surface area (Å²) in [5.74, 6) is -1.17. The van der Waals surface area contributed by atoms with E-state index in [-0.39, 0.29) is 31.0 Å². The van der Waals surface area contributed by atoms with Gasteiger partial charge >= 0.3 is 5.97 Å². The molecule has 0 aliphatic heterocycles. The first-order valence-corrected chi connectivity index (χ1v) is 3.04. The van der Waals surface area contributed by atoms with Crippen molar-refractivity contribution in [2.24, 2.45) is 5.73 Å². The first-order valence-electron chi connectivity index (χ1n) is 3.04. The van der Waals surface area contributed by atoms with Crippen LogP contribution in [0.3, 0.4) is 0 Å². The van der Waals surface area contributed by atoms with Gasteiger partial charge in [0.25, 0.3) is 0 Å². The lowest BCUT2D eigenvalue weighted by atomic mass is 10.1. The Balaban J connectivity index is 0. The summed E-state index contributed by atoms with van der Waals surface area (Å²) >= 11 is 0. The minimum Gasteiger partial charge on any atom is -0.481 e. The van der Waals surface area contributed by atoms with E-state index < -0.39 is 12.0 Å². The Kier molecular flexibility index (Phi) is 7.24. The minimum atomic E-state index is -0.964. The number of carboxylic acid groups (broad SMARTS) is 1. The molecule has 0 aromatic rings. The van der Waals surface area contributed by atoms with Crippen molar-refractivity contribution in [1.29, 1.82) is 0 Å². The molecule has 0 aliphatic carbocycles. The van der Waals surface area contributed by atoms with Crippen LogP contribution < -0.4 is 5.73 Å². The molecule has 3 N–H and O–H groups in total. The van der Waals surface area contributed by atoms with Gasteiger partial charge in [-0.15, -0.1) is 12.4 Å². The molecule has 11 heavy (non-hydrogen) atoms. The Morgan fingerprint density at radius 1 is 1.45 bits per heavy atom. The van der Waals surface area contributed by atoms with Crippen molar-refractivity contribution < 1.29 is 14.7 Å². The topological polar surface area (TPSA) is 80.4 Å². The Morgan fingerprint density at radius 3 is 2.18 bits per heavy atom. The first kappa shape index (κ1) is 13.0. The van der Waals surface area contributed by atoms with Gasteiger partial charge in [-0.05, 0) is 6.92 Å². The molecule has 0 saturated carbocycles. The molecule has 0 spiro atoms. The molecule has 0 aromatic heterocycles. The predicted octanol–water partition coefficient (Wildman–Crippen LogP) is 0.189. The standard InChI is InChI=1S/C6H11NO3.ClH/c1-4(7)5(8)2-3-6(9)10;/h4H,2-3,7H2,1H3,(H,9,10);1H/t4-;/m0./s1. The highest BCUT2D eigenvalue weighted by Gasteiger charge is 2.08. The second-order valence-corrected chi connectivity index (χ2v) is 2.15. The Morgan fingerprint density at radius 2 is 1.91 bits per heavy atom. The van der Waals surface area contributed by atoms with Crippen molar-refractivity contribution in [1.82, 2.24) is 0 Å². The zero-order chi connectivity index (χ0) is 8.15. The molecule has 4 nitrogen and oxygen atoms in total. The van der Waals surface area contributed by atoms with Crippen molar-refractivity contribution in [3.63, 3.8) is 0 Å². The number of hydrogen-bond acceptors (Lipinski definition) is 3. The number of nitrogens with two attached hydrogens (primary N) is 1. The van der Waals surface area contributed by atoms with Crippen LogP contribution in [0.2, 0.25) is 0 Å². The van der Waals surface area contributed by atoms with Gasteiger partial charge in [-0.3, -0.25) is 9.59 Å². The fraction of sp³-hybridized carbons (Fsp3) is 0.667. The molecule has 0 aromatic carbocycles. The van der Waals surface area contributed by atoms with E-state index in [9.17, 15) is 9.59 Å². The summed E-state index contributed by atoms with van der Waals surface area (Å²) < 4.78 is 0. The van der Waals surface area contributed by atoms with Gasteiger partial charge < -0.3 is 10.8 Å². The number of carbonyl (C=O) groups is 2. The van der Waals surface area contributed by atoms with Gasteiger partial charge in [0, 0.05) is 6.42 Å². The van der Waals surface area contributed by atoms with E-state index in [0.29, 0.717) is 0 Å². The van der Waals surface area contributed by atoms with Gasteiger partial charge in [0.1, 0.15) is 5.78 Å². The molecule has 0 radical (unpaired) electrons. The van der Waals surface area contributed by atoms with Crippen molar-refractivity contribution in [3.05, 3.63) is 0 Å². The highest BCUT2D eigenvalue weighted by Crippen LogP contribution is 1.93. The number of aliphatic carboxylic acids is 1. The van der Waals surface area contributed by atoms with Gasteiger partial charge in [-0.2, -0.15) is 0 Å². The van der Waals surface area contributed by atoms with E-state index in [4.69, 9.17) is 10.8 Å². The summed E-state index contributed by atoms with van der Waals surface area (Å²) in [5.41, 5.74) is 5.18. The van der Waals surface area contributed by atoms with E-state index in [0.717, 1.165) is 0 Å². The largest absolute Gasteiger partial charge is 0.481 e. The number of hydrogen-bond donors (Lipinski definition) is 2. The van der Waals surface area contributed by atoms with E-state index in [1.807, 2.05) is 0 Å². The maximum atomic E-state index is 10.7. The van der Waals surface area contributed by atoms with E-state index in [2.05, 4.69) is 0 Å². The maximum absolute atomic E-state index is 10.7. The molecular weight excluding hydrogens is 170 g/mol. The molecule has 0 rings (SSSR count). The lowest BCUT2D eigenvalue weighted by molar-refractivity contribution is -0.138. The zero-order valence-electron chi connectivity index (χ0n) is 6.24. The molecule has 0 bridgehead atoms. The monoisotopic (exact) mass is 181 g/mol. The van der Waals surface area contributed by atoms with Crippen molar-refractivity contribution >= 4 is 24.2 Å². The van der Waals surface area contributed by atoms with Crippen LogP contribution in [0.4, 0.5) is 0 Å². The molecule has 5 heteroatoms. The number of Topliss-reactive ketones (excluding diaryl/α,β-unsaturated/α-hetero) is 1. The number of rotatable bonds is 4. The number of carboxylic acids is 1. The third kappa shape index (κ3) is 7.29. The maximum Gasteiger partial charge on any atom is 0.303 e. The van der Waals surface area contributed by atoms with Crippen LogP contribution in [0.15, 0.2) is 0 Å². The molecule has 0 saturated heterocycles. The normalized spacial score (nSPS) is 11.5. The molecular formula is C6H12ClNO3. The SMILES string of the molecule is C[C@H](N)C(=O)CCC(=O)O.Cl. The number of halogens is 1. The Hall–Kier alpha value is -0.610. The van der Waals surface area contributed by atoms with Gasteiger partial charge in [-0.25, -0.2) is 0 Å². The van der Waals surface area contributed by atoms with Gasteiger partial charge in [-0.1, -0.05) is 0 Å². The van der Waals surface area contributed by atoms with Gasteiger partial charge in [0.15, 0.2) is 0 Å². The third-order valence-electron chi connectivity index (χ3n) is 1.09. The first-order chi connectivity index (χ1) is 4.54. The highest BCUT2D eigenvalue weighted by molar-refractivity contribution is 5.86. The van der Waals surface area contributed by atoms with E-state index in [1.54, 1.807) is 6.92 Å². The van der Waals surface area contributed by atoms with Crippen molar-refractivity contribution in [3.8, 4) is 0 Å². The fourth-order valence-corrected chi connectivity index (χ4v) is 0.458. The second-order valence-electron chi connectivity index (χ2n) is 2.15. The average molecular weight is 182 g/mol. The van der Waals surface area contributed by atoms with Gasteiger partial charge in [0.05, 0.1) is 12.5 Å². The van der Waals surface area contributed by atoms with Crippen LogP contribution in [-0.2, 0) is 9.59 Å². The van der Waals surface area contributed by atoms with Gasteiger partial charge in [0.2, 0.25) is 0 Å². The molecule has 0 aliphatic rings. The third-order valence-corrected chi connectivity index (χ3v) is 1.09. The van der Waals surface area contributed by atoms with Crippen molar-refractivity contribution in [2.75, 3.05) is 0 Å². The summed E-state index contributed by atoms with van der Waals surface area (Å²) in [6.45, 7) is 1.55. The van der Waals surface area contributed by atoms with Crippen LogP contribution in [0.5, 0.6) is 0 Å². The van der Waals surface area contributed by atoms with Crippen LogP contribution >= 0.6 is 12.4 Å². The lowest BCUT2D eigenvalue weighted by Gasteiger charge is -2.00. The van der Waals surface area contributed by atoms with Crippen LogP contribution in [-0.4, -0.2) is 22.9 Å². The molecule has 0 heterocycles. The Labute approximate surface area is 71.2 Å². The molecule has 66 valence electrons. The lowest BCUT2D eigenvalue weighted by Crippen LogP contribution is -2.26. The fourth-order valence-electron chi connectivity index (χ4n) is 0.458. The van der Waals surface area contributed by atoms with Crippen molar-refractivity contribution in [2.45, 2.75) is 25.8 Å². The Bertz CT molecular complexity index is 147. The molecule has 0 fully saturated rings. The highest BCUT2D eigenvalue weighted by atomic mass is 35.5. The smallest absolute Gasteiger partial charge is 0.303 e. The summed E-state index contributed by atoms with van der Waals surface area (Å²) in [6.07, 6.45) is -0.0899. The molecule has 0 unspecified atom stereocenters.